The molecule has 5 heteroatoms. The van der Waals surface area contributed by atoms with Gasteiger partial charge in [0, 0.05) is 19.0 Å². The molecule has 0 saturated carbocycles. The minimum atomic E-state index is -0.884. The van der Waals surface area contributed by atoms with E-state index in [-0.39, 0.29) is 18.1 Å². The maximum Gasteiger partial charge on any atom is 0.303 e. The molecule has 1 aromatic heterocycles. The molecule has 1 aromatic rings. The number of aryl methyl sites for hydroxylation is 2. The average molecular weight is 211 g/mol. The predicted molar refractivity (Wildman–Crippen MR) is 52.8 cm³/mol. The second-order valence-electron chi connectivity index (χ2n) is 3.20. The van der Waals surface area contributed by atoms with Gasteiger partial charge in [-0.2, -0.15) is 0 Å². The van der Waals surface area contributed by atoms with Crippen LogP contribution in [0.5, 0.6) is 0 Å². The molecule has 0 saturated heterocycles. The van der Waals surface area contributed by atoms with Crippen molar-refractivity contribution in [3.05, 3.63) is 23.2 Å². The number of carbonyl (C=O) groups excluding carboxylic acids is 1. The molecule has 0 atom stereocenters. The summed E-state index contributed by atoms with van der Waals surface area (Å²) in [4.78, 5) is 21.6. The van der Waals surface area contributed by atoms with E-state index in [9.17, 15) is 9.59 Å². The van der Waals surface area contributed by atoms with Crippen molar-refractivity contribution in [1.29, 1.82) is 0 Å². The van der Waals surface area contributed by atoms with Gasteiger partial charge in [-0.3, -0.25) is 9.59 Å². The smallest absolute Gasteiger partial charge is 0.303 e. The van der Waals surface area contributed by atoms with Crippen molar-refractivity contribution in [2.24, 2.45) is 0 Å². The molecule has 0 aliphatic carbocycles. The number of hydrogen-bond donors (Lipinski definition) is 2. The highest BCUT2D eigenvalue weighted by atomic mass is 16.4. The van der Waals surface area contributed by atoms with Crippen LogP contribution in [0.3, 0.4) is 0 Å². The fourth-order valence-electron chi connectivity index (χ4n) is 1.24. The Morgan fingerprint density at radius 1 is 1.53 bits per heavy atom. The van der Waals surface area contributed by atoms with E-state index < -0.39 is 5.97 Å². The van der Waals surface area contributed by atoms with E-state index in [0.29, 0.717) is 12.2 Å². The second kappa shape index (κ2) is 4.63. The van der Waals surface area contributed by atoms with Crippen LogP contribution in [0.25, 0.3) is 0 Å². The molecule has 1 heterocycles. The van der Waals surface area contributed by atoms with Crippen LogP contribution in [-0.4, -0.2) is 24.0 Å². The zero-order chi connectivity index (χ0) is 11.4. The lowest BCUT2D eigenvalue weighted by atomic mass is 10.2. The molecule has 1 rings (SSSR count). The number of carboxylic acid groups (broad SMARTS) is 1. The molecule has 5 nitrogen and oxygen atoms in total. The van der Waals surface area contributed by atoms with Gasteiger partial charge in [0.1, 0.15) is 5.76 Å². The third-order valence-electron chi connectivity index (χ3n) is 1.99. The van der Waals surface area contributed by atoms with Crippen molar-refractivity contribution < 1.29 is 19.1 Å². The van der Waals surface area contributed by atoms with Crippen molar-refractivity contribution >= 4 is 11.9 Å². The van der Waals surface area contributed by atoms with Gasteiger partial charge in [0.2, 0.25) is 0 Å². The summed E-state index contributed by atoms with van der Waals surface area (Å²) in [6, 6.07) is 1.69. The third kappa shape index (κ3) is 2.83. The van der Waals surface area contributed by atoms with Gasteiger partial charge in [-0.25, -0.2) is 0 Å². The standard InChI is InChI=1S/C10H13NO4/c1-6-5-7(3-4-8(12)13)15-9(6)10(14)11-2/h5H,3-4H2,1-2H3,(H,11,14)(H,12,13). The number of amides is 1. The lowest BCUT2D eigenvalue weighted by Gasteiger charge is -1.95. The number of carboxylic acids is 1. The van der Waals surface area contributed by atoms with Gasteiger partial charge >= 0.3 is 5.97 Å². The minimum absolute atomic E-state index is 0.000136. The van der Waals surface area contributed by atoms with Gasteiger partial charge in [0.15, 0.2) is 5.76 Å². The van der Waals surface area contributed by atoms with E-state index in [2.05, 4.69) is 5.32 Å². The first-order valence-corrected chi connectivity index (χ1v) is 4.57. The van der Waals surface area contributed by atoms with E-state index in [1.54, 1.807) is 13.0 Å². The predicted octanol–water partition coefficient (Wildman–Crippen LogP) is 0.965. The molecule has 0 spiro atoms. The van der Waals surface area contributed by atoms with Crippen LogP contribution in [0.4, 0.5) is 0 Å². The number of hydrogen-bond acceptors (Lipinski definition) is 3. The van der Waals surface area contributed by atoms with Gasteiger partial charge in [-0.15, -0.1) is 0 Å². The fraction of sp³-hybridized carbons (Fsp3) is 0.400. The molecular formula is C10H13NO4. The lowest BCUT2D eigenvalue weighted by Crippen LogP contribution is -2.17. The monoisotopic (exact) mass is 211 g/mol. The number of carbonyl (C=O) groups is 2. The van der Waals surface area contributed by atoms with E-state index in [0.717, 1.165) is 5.56 Å². The van der Waals surface area contributed by atoms with E-state index in [1.165, 1.54) is 7.05 Å². The van der Waals surface area contributed by atoms with Crippen LogP contribution in [0.1, 0.15) is 28.3 Å². The first-order valence-electron chi connectivity index (χ1n) is 4.57. The van der Waals surface area contributed by atoms with Crippen LogP contribution >= 0.6 is 0 Å². The highest BCUT2D eigenvalue weighted by Crippen LogP contribution is 2.15. The molecule has 0 unspecified atom stereocenters. The molecule has 15 heavy (non-hydrogen) atoms. The van der Waals surface area contributed by atoms with Crippen molar-refractivity contribution in [3.8, 4) is 0 Å². The number of rotatable bonds is 4. The summed E-state index contributed by atoms with van der Waals surface area (Å²) in [7, 11) is 1.52. The maximum atomic E-state index is 11.3. The maximum absolute atomic E-state index is 11.3. The van der Waals surface area contributed by atoms with Gasteiger partial charge < -0.3 is 14.8 Å². The van der Waals surface area contributed by atoms with Crippen molar-refractivity contribution in [1.82, 2.24) is 5.32 Å². The quantitative estimate of drug-likeness (QED) is 0.777. The molecular weight excluding hydrogens is 198 g/mol. The Labute approximate surface area is 87.1 Å². The molecule has 0 aliphatic heterocycles. The van der Waals surface area contributed by atoms with E-state index in [4.69, 9.17) is 9.52 Å². The Hall–Kier alpha value is -1.78. The average Bonchev–Trinajstić information content (AvgIpc) is 2.55. The van der Waals surface area contributed by atoms with Crippen LogP contribution < -0.4 is 5.32 Å². The van der Waals surface area contributed by atoms with Gasteiger partial charge in [0.25, 0.3) is 5.91 Å². The van der Waals surface area contributed by atoms with E-state index in [1.807, 2.05) is 0 Å². The summed E-state index contributed by atoms with van der Waals surface area (Å²) in [6.45, 7) is 1.75. The first-order chi connectivity index (χ1) is 7.04. The Morgan fingerprint density at radius 2 is 2.20 bits per heavy atom. The van der Waals surface area contributed by atoms with Gasteiger partial charge in [-0.05, 0) is 13.0 Å². The highest BCUT2D eigenvalue weighted by molar-refractivity contribution is 5.92. The van der Waals surface area contributed by atoms with Crippen LogP contribution in [0.15, 0.2) is 10.5 Å². The molecule has 0 aromatic carbocycles. The Morgan fingerprint density at radius 3 is 2.73 bits per heavy atom. The number of nitrogens with one attached hydrogen (secondary N) is 1. The molecule has 2 N–H and O–H groups in total. The molecule has 0 bridgehead atoms. The van der Waals surface area contributed by atoms with Crippen molar-refractivity contribution in [3.63, 3.8) is 0 Å². The molecule has 0 aliphatic rings. The SMILES string of the molecule is CNC(=O)c1oc(CCC(=O)O)cc1C. The van der Waals surface area contributed by atoms with Crippen LogP contribution in [0.2, 0.25) is 0 Å². The van der Waals surface area contributed by atoms with Crippen LogP contribution in [0, 0.1) is 6.92 Å². The van der Waals surface area contributed by atoms with Crippen LogP contribution in [-0.2, 0) is 11.2 Å². The summed E-state index contributed by atoms with van der Waals surface area (Å²) in [5.74, 6) is -0.411. The Bertz CT molecular complexity index is 381. The number of aliphatic carboxylic acids is 1. The summed E-state index contributed by atoms with van der Waals surface area (Å²) in [5, 5.41) is 10.9. The summed E-state index contributed by atoms with van der Waals surface area (Å²) < 4.78 is 5.24. The normalized spacial score (nSPS) is 10.0. The molecule has 0 radical (unpaired) electrons. The zero-order valence-electron chi connectivity index (χ0n) is 8.66. The first kappa shape index (κ1) is 11.3. The Balaban J connectivity index is 2.76. The molecule has 82 valence electrons. The summed E-state index contributed by atoms with van der Waals surface area (Å²) in [5.41, 5.74) is 0.717. The minimum Gasteiger partial charge on any atom is -0.481 e. The van der Waals surface area contributed by atoms with Gasteiger partial charge in [0.05, 0.1) is 6.42 Å². The molecule has 0 fully saturated rings. The third-order valence-corrected chi connectivity index (χ3v) is 1.99. The Kier molecular flexibility index (Phi) is 3.49. The van der Waals surface area contributed by atoms with Crippen molar-refractivity contribution in [2.45, 2.75) is 19.8 Å². The number of furan rings is 1. The zero-order valence-corrected chi connectivity index (χ0v) is 8.66. The van der Waals surface area contributed by atoms with E-state index >= 15 is 0 Å². The van der Waals surface area contributed by atoms with Gasteiger partial charge in [-0.1, -0.05) is 0 Å². The summed E-state index contributed by atoms with van der Waals surface area (Å²) in [6.07, 6.45) is 0.299. The molecule has 1 amide bonds. The fourth-order valence-corrected chi connectivity index (χ4v) is 1.24. The summed E-state index contributed by atoms with van der Waals surface area (Å²) >= 11 is 0. The lowest BCUT2D eigenvalue weighted by molar-refractivity contribution is -0.137. The second-order valence-corrected chi connectivity index (χ2v) is 3.20. The topological polar surface area (TPSA) is 79.5 Å². The van der Waals surface area contributed by atoms with Crippen molar-refractivity contribution in [2.75, 3.05) is 7.05 Å². The highest BCUT2D eigenvalue weighted by Gasteiger charge is 2.14. The largest absolute Gasteiger partial charge is 0.481 e.